The van der Waals surface area contributed by atoms with Crippen molar-refractivity contribution in [3.8, 4) is 0 Å². The van der Waals surface area contributed by atoms with Crippen molar-refractivity contribution in [2.45, 2.75) is 6.92 Å². The number of amides is 1. The largest absolute Gasteiger partial charge is 0.478 e. The zero-order valence-electron chi connectivity index (χ0n) is 7.67. The van der Waals surface area contributed by atoms with Crippen molar-refractivity contribution in [1.82, 2.24) is 0 Å². The molecule has 0 spiro atoms. The molecule has 0 fully saturated rings. The maximum absolute atomic E-state index is 13.3. The summed E-state index contributed by atoms with van der Waals surface area (Å²) in [5.74, 6) is -2.37. The Kier molecular flexibility index (Phi) is 3.61. The van der Waals surface area contributed by atoms with Gasteiger partial charge in [-0.25, -0.2) is 9.18 Å². The van der Waals surface area contributed by atoms with Gasteiger partial charge >= 0.3 is 5.97 Å². The fourth-order valence-corrected chi connectivity index (χ4v) is 1.72. The number of rotatable bonds is 2. The van der Waals surface area contributed by atoms with Crippen molar-refractivity contribution in [2.75, 3.05) is 5.32 Å². The molecule has 6 heteroatoms. The van der Waals surface area contributed by atoms with Gasteiger partial charge in [-0.1, -0.05) is 0 Å². The second-order valence-electron chi connectivity index (χ2n) is 2.80. The van der Waals surface area contributed by atoms with Gasteiger partial charge in [0.05, 0.1) is 11.3 Å². The number of hydrogen-bond acceptors (Lipinski definition) is 2. The van der Waals surface area contributed by atoms with E-state index in [1.54, 1.807) is 22.6 Å². The zero-order chi connectivity index (χ0) is 11.6. The lowest BCUT2D eigenvalue weighted by molar-refractivity contribution is -0.114. The number of hydrogen-bond donors (Lipinski definition) is 2. The van der Waals surface area contributed by atoms with Crippen LogP contribution in [0.3, 0.4) is 0 Å². The minimum Gasteiger partial charge on any atom is -0.478 e. The highest BCUT2D eigenvalue weighted by Gasteiger charge is 2.13. The lowest BCUT2D eigenvalue weighted by Crippen LogP contribution is -2.10. The van der Waals surface area contributed by atoms with Gasteiger partial charge in [0.15, 0.2) is 0 Å². The first-order valence-electron chi connectivity index (χ1n) is 3.91. The molecule has 0 aliphatic carbocycles. The summed E-state index contributed by atoms with van der Waals surface area (Å²) in [5, 5.41) is 10.9. The van der Waals surface area contributed by atoms with Gasteiger partial charge < -0.3 is 10.4 Å². The second-order valence-corrected chi connectivity index (χ2v) is 3.96. The first kappa shape index (κ1) is 11.9. The molecule has 0 atom stereocenters. The minimum absolute atomic E-state index is 0.00750. The van der Waals surface area contributed by atoms with Crippen molar-refractivity contribution in [2.24, 2.45) is 0 Å². The molecule has 0 heterocycles. The summed E-state index contributed by atoms with van der Waals surface area (Å²) in [6.07, 6.45) is 0. The third-order valence-electron chi connectivity index (χ3n) is 1.59. The normalized spacial score (nSPS) is 9.80. The monoisotopic (exact) mass is 323 g/mol. The molecule has 0 saturated carbocycles. The predicted molar refractivity (Wildman–Crippen MR) is 60.4 cm³/mol. The molecular weight excluding hydrogens is 316 g/mol. The highest BCUT2D eigenvalue weighted by atomic mass is 127. The van der Waals surface area contributed by atoms with E-state index < -0.39 is 17.7 Å². The first-order valence-corrected chi connectivity index (χ1v) is 4.99. The van der Waals surface area contributed by atoms with Crippen molar-refractivity contribution < 1.29 is 19.1 Å². The number of halogens is 2. The maximum atomic E-state index is 13.3. The molecule has 0 radical (unpaired) electrons. The molecule has 0 saturated heterocycles. The number of benzene rings is 1. The number of carbonyl (C=O) groups excluding carboxylic acids is 1. The van der Waals surface area contributed by atoms with Gasteiger partial charge in [0, 0.05) is 10.5 Å². The van der Waals surface area contributed by atoms with Crippen LogP contribution in [-0.4, -0.2) is 17.0 Å². The van der Waals surface area contributed by atoms with Crippen LogP contribution in [-0.2, 0) is 4.79 Å². The Bertz CT molecular complexity index is 410. The lowest BCUT2D eigenvalue weighted by atomic mass is 10.2. The molecule has 0 aliphatic rings. The highest BCUT2D eigenvalue weighted by Crippen LogP contribution is 2.23. The van der Waals surface area contributed by atoms with Crippen LogP contribution in [0.15, 0.2) is 12.1 Å². The van der Waals surface area contributed by atoms with E-state index in [9.17, 15) is 14.0 Å². The molecular formula is C9H7FINO3. The summed E-state index contributed by atoms with van der Waals surface area (Å²) in [7, 11) is 0. The molecule has 1 aromatic rings. The topological polar surface area (TPSA) is 66.4 Å². The molecule has 0 unspecified atom stereocenters. The Balaban J connectivity index is 3.21. The fourth-order valence-electron chi connectivity index (χ4n) is 0.992. The van der Waals surface area contributed by atoms with Gasteiger partial charge in [-0.15, -0.1) is 0 Å². The van der Waals surface area contributed by atoms with Gasteiger partial charge in [0.1, 0.15) is 5.82 Å². The van der Waals surface area contributed by atoms with E-state index >= 15 is 0 Å². The SMILES string of the molecule is CC(=O)Nc1c(F)cc(C(=O)O)cc1I. The number of carboxylic acids is 1. The van der Waals surface area contributed by atoms with Crippen LogP contribution < -0.4 is 5.32 Å². The van der Waals surface area contributed by atoms with Crippen molar-refractivity contribution in [3.05, 3.63) is 27.1 Å². The lowest BCUT2D eigenvalue weighted by Gasteiger charge is -2.07. The molecule has 0 bridgehead atoms. The van der Waals surface area contributed by atoms with Gasteiger partial charge in [-0.3, -0.25) is 4.79 Å². The van der Waals surface area contributed by atoms with E-state index in [4.69, 9.17) is 5.11 Å². The zero-order valence-corrected chi connectivity index (χ0v) is 9.83. The van der Waals surface area contributed by atoms with E-state index in [1.807, 2.05) is 0 Å². The Hall–Kier alpha value is -1.18. The molecule has 15 heavy (non-hydrogen) atoms. The van der Waals surface area contributed by atoms with Crippen LogP contribution in [0.4, 0.5) is 10.1 Å². The molecule has 2 N–H and O–H groups in total. The highest BCUT2D eigenvalue weighted by molar-refractivity contribution is 14.1. The van der Waals surface area contributed by atoms with E-state index in [0.29, 0.717) is 3.57 Å². The molecule has 0 aliphatic heterocycles. The van der Waals surface area contributed by atoms with Gasteiger partial charge in [0.2, 0.25) is 5.91 Å². The average molecular weight is 323 g/mol. The smallest absolute Gasteiger partial charge is 0.335 e. The van der Waals surface area contributed by atoms with Crippen LogP contribution in [0.2, 0.25) is 0 Å². The molecule has 0 aromatic heterocycles. The van der Waals surface area contributed by atoms with Crippen LogP contribution in [0.1, 0.15) is 17.3 Å². The summed E-state index contributed by atoms with van der Waals surface area (Å²) in [4.78, 5) is 21.3. The van der Waals surface area contributed by atoms with E-state index in [2.05, 4.69) is 5.32 Å². The summed E-state index contributed by atoms with van der Waals surface area (Å²) in [6.45, 7) is 1.25. The summed E-state index contributed by atoms with van der Waals surface area (Å²) >= 11 is 1.76. The minimum atomic E-state index is -1.21. The standard InChI is InChI=1S/C9H7FINO3/c1-4(13)12-8-6(10)2-5(9(14)15)3-7(8)11/h2-3H,1H3,(H,12,13)(H,14,15). The number of carbonyl (C=O) groups is 2. The predicted octanol–water partition coefficient (Wildman–Crippen LogP) is 2.09. The summed E-state index contributed by atoms with van der Waals surface area (Å²) in [5.41, 5.74) is -0.140. The van der Waals surface area contributed by atoms with Crippen molar-refractivity contribution in [1.29, 1.82) is 0 Å². The Morgan fingerprint density at radius 2 is 2.07 bits per heavy atom. The quantitative estimate of drug-likeness (QED) is 0.819. The molecule has 1 rings (SSSR count). The van der Waals surface area contributed by atoms with E-state index in [0.717, 1.165) is 6.07 Å². The number of carboxylic acid groups (broad SMARTS) is 1. The number of anilines is 1. The van der Waals surface area contributed by atoms with Crippen molar-refractivity contribution >= 4 is 40.2 Å². The number of aromatic carboxylic acids is 1. The van der Waals surface area contributed by atoms with Gasteiger partial charge in [0.25, 0.3) is 0 Å². The molecule has 1 aromatic carbocycles. The van der Waals surface area contributed by atoms with E-state index in [-0.39, 0.29) is 11.3 Å². The van der Waals surface area contributed by atoms with Gasteiger partial charge in [-0.05, 0) is 34.7 Å². The van der Waals surface area contributed by atoms with Crippen LogP contribution >= 0.6 is 22.6 Å². The number of nitrogens with one attached hydrogen (secondary N) is 1. The summed E-state index contributed by atoms with van der Waals surface area (Å²) < 4.78 is 13.7. The summed E-state index contributed by atoms with van der Waals surface area (Å²) in [6, 6.07) is 2.16. The fraction of sp³-hybridized carbons (Fsp3) is 0.111. The third kappa shape index (κ3) is 2.88. The van der Waals surface area contributed by atoms with E-state index in [1.165, 1.54) is 13.0 Å². The Morgan fingerprint density at radius 3 is 2.47 bits per heavy atom. The van der Waals surface area contributed by atoms with Crippen LogP contribution in [0, 0.1) is 9.39 Å². The van der Waals surface area contributed by atoms with Gasteiger partial charge in [-0.2, -0.15) is 0 Å². The van der Waals surface area contributed by atoms with Crippen LogP contribution in [0.25, 0.3) is 0 Å². The van der Waals surface area contributed by atoms with Crippen molar-refractivity contribution in [3.63, 3.8) is 0 Å². The Morgan fingerprint density at radius 1 is 1.47 bits per heavy atom. The second kappa shape index (κ2) is 4.56. The average Bonchev–Trinajstić information content (AvgIpc) is 2.10. The molecule has 80 valence electrons. The molecule has 4 nitrogen and oxygen atoms in total. The third-order valence-corrected chi connectivity index (χ3v) is 2.44. The molecule has 1 amide bonds. The first-order chi connectivity index (χ1) is 6.91. The Labute approximate surface area is 98.6 Å². The van der Waals surface area contributed by atoms with Crippen LogP contribution in [0.5, 0.6) is 0 Å². The maximum Gasteiger partial charge on any atom is 0.335 e.